The van der Waals surface area contributed by atoms with Crippen LogP contribution in [0.5, 0.6) is 5.75 Å². The molecule has 0 aliphatic carbocycles. The third kappa shape index (κ3) is 5.78. The number of esters is 1. The number of rotatable bonds is 5. The number of hydrogen-bond donors (Lipinski definition) is 2. The maximum Gasteiger partial charge on any atom is 0.343 e. The average Bonchev–Trinajstić information content (AvgIpc) is 2.86. The van der Waals surface area contributed by atoms with Crippen molar-refractivity contribution in [2.24, 2.45) is 5.10 Å². The van der Waals surface area contributed by atoms with Crippen molar-refractivity contribution in [3.63, 3.8) is 0 Å². The van der Waals surface area contributed by atoms with E-state index in [9.17, 15) is 14.4 Å². The van der Waals surface area contributed by atoms with Crippen molar-refractivity contribution in [3.8, 4) is 5.75 Å². The van der Waals surface area contributed by atoms with E-state index in [1.807, 2.05) is 68.4 Å². The molecule has 0 unspecified atom stereocenters. The van der Waals surface area contributed by atoms with Gasteiger partial charge in [-0.05, 0) is 55.0 Å². The molecule has 0 heterocycles. The predicted octanol–water partition coefficient (Wildman–Crippen LogP) is 4.76. The topological polar surface area (TPSA) is 96.9 Å². The summed E-state index contributed by atoms with van der Waals surface area (Å²) in [7, 11) is 0. The zero-order chi connectivity index (χ0) is 24.8. The van der Waals surface area contributed by atoms with Gasteiger partial charge >= 0.3 is 17.8 Å². The Morgan fingerprint density at radius 2 is 1.43 bits per heavy atom. The molecule has 0 atom stereocenters. The van der Waals surface area contributed by atoms with Crippen LogP contribution in [-0.2, 0) is 9.59 Å². The number of hydrazone groups is 1. The fourth-order valence-corrected chi connectivity index (χ4v) is 3.38. The minimum Gasteiger partial charge on any atom is -0.422 e. The number of carbonyl (C=O) groups is 3. The molecule has 2 N–H and O–H groups in total. The second-order valence-corrected chi connectivity index (χ2v) is 7.97. The van der Waals surface area contributed by atoms with Crippen molar-refractivity contribution in [1.29, 1.82) is 0 Å². The van der Waals surface area contributed by atoms with Crippen molar-refractivity contribution in [3.05, 3.63) is 107 Å². The molecule has 4 aromatic carbocycles. The Kier molecular flexibility index (Phi) is 6.97. The number of ether oxygens (including phenoxy) is 1. The van der Waals surface area contributed by atoms with E-state index in [1.165, 1.54) is 6.21 Å². The minimum atomic E-state index is -0.930. The molecular formula is C28H23N3O4. The summed E-state index contributed by atoms with van der Waals surface area (Å²) in [6.45, 7) is 3.86. The molecule has 0 saturated carbocycles. The Morgan fingerprint density at radius 1 is 0.771 bits per heavy atom. The Hall–Kier alpha value is -4.78. The van der Waals surface area contributed by atoms with Crippen LogP contribution in [0.4, 0.5) is 5.69 Å². The Morgan fingerprint density at radius 3 is 2.14 bits per heavy atom. The van der Waals surface area contributed by atoms with E-state index in [1.54, 1.807) is 30.3 Å². The molecule has 0 fully saturated rings. The molecule has 7 nitrogen and oxygen atoms in total. The van der Waals surface area contributed by atoms with Gasteiger partial charge in [-0.3, -0.25) is 9.59 Å². The number of aryl methyl sites for hydroxylation is 2. The van der Waals surface area contributed by atoms with Crippen LogP contribution in [0.3, 0.4) is 0 Å². The van der Waals surface area contributed by atoms with E-state index in [4.69, 9.17) is 4.74 Å². The molecule has 0 bridgehead atoms. The van der Waals surface area contributed by atoms with E-state index in [0.29, 0.717) is 16.8 Å². The highest BCUT2D eigenvalue weighted by atomic mass is 16.5. The summed E-state index contributed by atoms with van der Waals surface area (Å²) in [5.74, 6) is -2.02. The molecule has 4 aromatic rings. The standard InChI is InChI=1S/C28H23N3O4/c1-18-7-11-21(12-8-18)28(34)35-25-16-13-20-5-3-4-6-23(20)24(25)17-29-31-27(33)26(32)30-22-14-9-19(2)10-15-22/h3-17H,1-2H3,(H,30,32)(H,31,33). The number of nitrogens with one attached hydrogen (secondary N) is 2. The average molecular weight is 466 g/mol. The molecule has 0 aromatic heterocycles. The van der Waals surface area contributed by atoms with E-state index >= 15 is 0 Å². The summed E-state index contributed by atoms with van der Waals surface area (Å²) in [5, 5.41) is 8.12. The quantitative estimate of drug-likeness (QED) is 0.146. The van der Waals surface area contributed by atoms with Gasteiger partial charge in [0.15, 0.2) is 0 Å². The number of nitrogens with zero attached hydrogens (tertiary/aromatic N) is 1. The maximum absolute atomic E-state index is 12.7. The molecule has 35 heavy (non-hydrogen) atoms. The van der Waals surface area contributed by atoms with Gasteiger partial charge in [-0.15, -0.1) is 0 Å². The summed E-state index contributed by atoms with van der Waals surface area (Å²) >= 11 is 0. The first-order valence-corrected chi connectivity index (χ1v) is 10.9. The second kappa shape index (κ2) is 10.4. The molecule has 4 rings (SSSR count). The van der Waals surface area contributed by atoms with Crippen LogP contribution in [0.2, 0.25) is 0 Å². The van der Waals surface area contributed by atoms with Crippen molar-refractivity contribution < 1.29 is 19.1 Å². The highest BCUT2D eigenvalue weighted by Gasteiger charge is 2.15. The lowest BCUT2D eigenvalue weighted by Crippen LogP contribution is -2.32. The third-order valence-electron chi connectivity index (χ3n) is 5.30. The van der Waals surface area contributed by atoms with Crippen LogP contribution in [0.15, 0.2) is 90.0 Å². The first-order chi connectivity index (χ1) is 16.9. The van der Waals surface area contributed by atoms with Gasteiger partial charge in [0, 0.05) is 11.3 Å². The van der Waals surface area contributed by atoms with Crippen molar-refractivity contribution in [1.82, 2.24) is 5.43 Å². The van der Waals surface area contributed by atoms with E-state index in [0.717, 1.165) is 21.9 Å². The highest BCUT2D eigenvalue weighted by Crippen LogP contribution is 2.27. The zero-order valence-corrected chi connectivity index (χ0v) is 19.2. The predicted molar refractivity (Wildman–Crippen MR) is 136 cm³/mol. The highest BCUT2D eigenvalue weighted by molar-refractivity contribution is 6.39. The molecule has 0 radical (unpaired) electrons. The van der Waals surface area contributed by atoms with Crippen molar-refractivity contribution in [2.75, 3.05) is 5.32 Å². The SMILES string of the molecule is Cc1ccc(NC(=O)C(=O)NN=Cc2c(OC(=O)c3ccc(C)cc3)ccc3ccccc23)cc1. The van der Waals surface area contributed by atoms with Crippen LogP contribution < -0.4 is 15.5 Å². The molecular weight excluding hydrogens is 442 g/mol. The largest absolute Gasteiger partial charge is 0.422 e. The van der Waals surface area contributed by atoms with E-state index in [-0.39, 0.29) is 5.75 Å². The van der Waals surface area contributed by atoms with Crippen molar-refractivity contribution in [2.45, 2.75) is 13.8 Å². The first-order valence-electron chi connectivity index (χ1n) is 10.9. The third-order valence-corrected chi connectivity index (χ3v) is 5.30. The number of carbonyl (C=O) groups excluding carboxylic acids is 3. The van der Waals surface area contributed by atoms with Gasteiger partial charge in [-0.1, -0.05) is 65.7 Å². The van der Waals surface area contributed by atoms with Crippen LogP contribution in [0.25, 0.3) is 10.8 Å². The Bertz CT molecular complexity index is 1430. The Balaban J connectivity index is 1.53. The summed E-state index contributed by atoms with van der Waals surface area (Å²) in [4.78, 5) is 37.1. The van der Waals surface area contributed by atoms with Gasteiger partial charge in [-0.25, -0.2) is 10.2 Å². The second-order valence-electron chi connectivity index (χ2n) is 7.97. The molecule has 7 heteroatoms. The van der Waals surface area contributed by atoms with Crippen LogP contribution in [0.1, 0.15) is 27.0 Å². The van der Waals surface area contributed by atoms with Crippen molar-refractivity contribution >= 4 is 40.5 Å². The van der Waals surface area contributed by atoms with Gasteiger partial charge in [0.25, 0.3) is 0 Å². The molecule has 0 aliphatic heterocycles. The molecule has 0 spiro atoms. The van der Waals surface area contributed by atoms with E-state index in [2.05, 4.69) is 15.8 Å². The summed E-state index contributed by atoms with van der Waals surface area (Å²) in [6, 6.07) is 25.1. The van der Waals surface area contributed by atoms with E-state index < -0.39 is 17.8 Å². The molecule has 0 aliphatic rings. The van der Waals surface area contributed by atoms with Crippen LogP contribution >= 0.6 is 0 Å². The summed E-state index contributed by atoms with van der Waals surface area (Å²) in [6.07, 6.45) is 1.36. The number of amides is 2. The fraction of sp³-hybridized carbons (Fsp3) is 0.0714. The summed E-state index contributed by atoms with van der Waals surface area (Å²) in [5.41, 5.74) is 5.68. The first kappa shape index (κ1) is 23.4. The lowest BCUT2D eigenvalue weighted by atomic mass is 10.0. The minimum absolute atomic E-state index is 0.274. The Labute approximate surface area is 202 Å². The lowest BCUT2D eigenvalue weighted by molar-refractivity contribution is -0.136. The normalized spacial score (nSPS) is 10.8. The lowest BCUT2D eigenvalue weighted by Gasteiger charge is -2.11. The fourth-order valence-electron chi connectivity index (χ4n) is 3.38. The zero-order valence-electron chi connectivity index (χ0n) is 19.2. The van der Waals surface area contributed by atoms with Gasteiger partial charge < -0.3 is 10.1 Å². The number of anilines is 1. The monoisotopic (exact) mass is 465 g/mol. The molecule has 0 saturated heterocycles. The van der Waals surface area contributed by atoms with Gasteiger partial charge in [0.1, 0.15) is 5.75 Å². The van der Waals surface area contributed by atoms with Crippen LogP contribution in [0, 0.1) is 13.8 Å². The van der Waals surface area contributed by atoms with Crippen LogP contribution in [-0.4, -0.2) is 24.0 Å². The summed E-state index contributed by atoms with van der Waals surface area (Å²) < 4.78 is 5.65. The number of hydrogen-bond acceptors (Lipinski definition) is 5. The van der Waals surface area contributed by atoms with Gasteiger partial charge in [0.05, 0.1) is 11.8 Å². The van der Waals surface area contributed by atoms with Gasteiger partial charge in [0.2, 0.25) is 0 Å². The number of benzene rings is 4. The molecule has 2 amide bonds. The smallest absolute Gasteiger partial charge is 0.343 e. The molecule has 174 valence electrons. The number of fused-ring (bicyclic) bond motifs is 1. The maximum atomic E-state index is 12.7. The van der Waals surface area contributed by atoms with Gasteiger partial charge in [-0.2, -0.15) is 5.10 Å².